The summed E-state index contributed by atoms with van der Waals surface area (Å²) in [6.07, 6.45) is 10.6. The number of halogens is 1. The molecule has 0 saturated heterocycles. The van der Waals surface area contributed by atoms with Gasteiger partial charge >= 0.3 is 0 Å². The molecular formula is C22H45FO6. The van der Waals surface area contributed by atoms with E-state index in [1.807, 2.05) is 0 Å². The third kappa shape index (κ3) is 27.7. The van der Waals surface area contributed by atoms with E-state index in [9.17, 15) is 4.39 Å². The van der Waals surface area contributed by atoms with E-state index in [1.54, 1.807) is 0 Å². The third-order valence-corrected chi connectivity index (χ3v) is 4.22. The molecule has 0 bridgehead atoms. The lowest BCUT2D eigenvalue weighted by atomic mass is 10.1. The van der Waals surface area contributed by atoms with E-state index in [0.717, 1.165) is 13.0 Å². The smallest absolute Gasteiger partial charge is 0.113 e. The summed E-state index contributed by atoms with van der Waals surface area (Å²) in [7, 11) is 0. The maximum absolute atomic E-state index is 11.8. The minimum absolute atomic E-state index is 0.132. The van der Waals surface area contributed by atoms with Crippen LogP contribution in [0.25, 0.3) is 0 Å². The fourth-order valence-corrected chi connectivity index (χ4v) is 2.59. The maximum Gasteiger partial charge on any atom is 0.113 e. The first-order chi connectivity index (χ1) is 14.4. The van der Waals surface area contributed by atoms with Gasteiger partial charge in [-0.25, -0.2) is 4.39 Å². The van der Waals surface area contributed by atoms with Gasteiger partial charge < -0.3 is 28.4 Å². The van der Waals surface area contributed by atoms with E-state index in [2.05, 4.69) is 6.92 Å². The second-order valence-electron chi connectivity index (χ2n) is 6.84. The zero-order valence-corrected chi connectivity index (χ0v) is 18.7. The number of unbranched alkanes of at least 4 members (excludes halogenated alkanes) is 7. The first kappa shape index (κ1) is 28.7. The molecule has 0 radical (unpaired) electrons. The first-order valence-corrected chi connectivity index (χ1v) is 11.4. The molecule has 0 spiro atoms. The highest BCUT2D eigenvalue weighted by atomic mass is 19.1. The van der Waals surface area contributed by atoms with Crippen LogP contribution in [0.15, 0.2) is 0 Å². The van der Waals surface area contributed by atoms with E-state index in [-0.39, 0.29) is 6.61 Å². The lowest BCUT2D eigenvalue weighted by Gasteiger charge is -2.08. The van der Waals surface area contributed by atoms with Gasteiger partial charge in [-0.15, -0.1) is 0 Å². The zero-order valence-electron chi connectivity index (χ0n) is 18.7. The Balaban J connectivity index is 2.97. The Morgan fingerprint density at radius 1 is 0.379 bits per heavy atom. The number of rotatable bonds is 26. The summed E-state index contributed by atoms with van der Waals surface area (Å²) < 4.78 is 43.8. The average Bonchev–Trinajstić information content (AvgIpc) is 2.74. The summed E-state index contributed by atoms with van der Waals surface area (Å²) >= 11 is 0. The van der Waals surface area contributed by atoms with Gasteiger partial charge in [0.05, 0.1) is 72.7 Å². The Labute approximate surface area is 177 Å². The van der Waals surface area contributed by atoms with Crippen LogP contribution < -0.4 is 0 Å². The van der Waals surface area contributed by atoms with E-state index in [1.165, 1.54) is 44.9 Å². The molecule has 0 atom stereocenters. The number of ether oxygens (including phenoxy) is 6. The Bertz CT molecular complexity index is 258. The normalized spacial score (nSPS) is 11.4. The minimum Gasteiger partial charge on any atom is -0.379 e. The van der Waals surface area contributed by atoms with E-state index in [0.29, 0.717) is 66.1 Å². The van der Waals surface area contributed by atoms with Crippen LogP contribution in [0.2, 0.25) is 0 Å². The largest absolute Gasteiger partial charge is 0.379 e. The highest BCUT2D eigenvalue weighted by Gasteiger charge is 1.95. The quantitative estimate of drug-likeness (QED) is 0.194. The fraction of sp³-hybridized carbons (Fsp3) is 1.00. The topological polar surface area (TPSA) is 55.4 Å². The van der Waals surface area contributed by atoms with Crippen LogP contribution in [0, 0.1) is 0 Å². The SMILES string of the molecule is CCCCCCCCCCOCCOCCOCCOCCOCCOCCF. The molecular weight excluding hydrogens is 379 g/mol. The molecule has 0 amide bonds. The van der Waals surface area contributed by atoms with Crippen LogP contribution in [-0.2, 0) is 28.4 Å². The van der Waals surface area contributed by atoms with Crippen molar-refractivity contribution < 1.29 is 32.8 Å². The molecule has 0 heterocycles. The Kier molecular flexibility index (Phi) is 27.4. The Morgan fingerprint density at radius 2 is 0.690 bits per heavy atom. The van der Waals surface area contributed by atoms with Gasteiger partial charge in [-0.1, -0.05) is 51.9 Å². The summed E-state index contributed by atoms with van der Waals surface area (Å²) in [5, 5.41) is 0. The number of alkyl halides is 1. The summed E-state index contributed by atoms with van der Waals surface area (Å²) in [4.78, 5) is 0. The van der Waals surface area contributed by atoms with Crippen molar-refractivity contribution >= 4 is 0 Å². The lowest BCUT2D eigenvalue weighted by Crippen LogP contribution is -2.14. The molecule has 6 nitrogen and oxygen atoms in total. The first-order valence-electron chi connectivity index (χ1n) is 11.4. The number of hydrogen-bond donors (Lipinski definition) is 0. The summed E-state index contributed by atoms with van der Waals surface area (Å²) in [5.74, 6) is 0. The van der Waals surface area contributed by atoms with Gasteiger partial charge in [-0.05, 0) is 6.42 Å². The van der Waals surface area contributed by atoms with Gasteiger partial charge in [0.1, 0.15) is 6.67 Å². The van der Waals surface area contributed by atoms with Crippen molar-refractivity contribution in [3.63, 3.8) is 0 Å². The fourth-order valence-electron chi connectivity index (χ4n) is 2.59. The van der Waals surface area contributed by atoms with Crippen molar-refractivity contribution in [2.75, 3.05) is 86.0 Å². The monoisotopic (exact) mass is 424 g/mol. The van der Waals surface area contributed by atoms with Crippen LogP contribution >= 0.6 is 0 Å². The Morgan fingerprint density at radius 3 is 1.07 bits per heavy atom. The van der Waals surface area contributed by atoms with E-state index in [4.69, 9.17) is 28.4 Å². The Hall–Kier alpha value is -0.310. The van der Waals surface area contributed by atoms with Gasteiger partial charge in [0, 0.05) is 6.61 Å². The van der Waals surface area contributed by atoms with Gasteiger partial charge in [0.25, 0.3) is 0 Å². The van der Waals surface area contributed by atoms with E-state index >= 15 is 0 Å². The molecule has 0 N–H and O–H groups in total. The lowest BCUT2D eigenvalue weighted by molar-refractivity contribution is -0.0172. The molecule has 0 aromatic carbocycles. The van der Waals surface area contributed by atoms with Crippen LogP contribution in [0.5, 0.6) is 0 Å². The van der Waals surface area contributed by atoms with Crippen LogP contribution in [0.4, 0.5) is 4.39 Å². The van der Waals surface area contributed by atoms with Crippen molar-refractivity contribution in [3.05, 3.63) is 0 Å². The molecule has 29 heavy (non-hydrogen) atoms. The van der Waals surface area contributed by atoms with Crippen LogP contribution in [-0.4, -0.2) is 86.0 Å². The highest BCUT2D eigenvalue weighted by molar-refractivity contribution is 4.46. The molecule has 0 unspecified atom stereocenters. The van der Waals surface area contributed by atoms with E-state index < -0.39 is 6.67 Å². The average molecular weight is 425 g/mol. The molecule has 7 heteroatoms. The summed E-state index contributed by atoms with van der Waals surface area (Å²) in [6.45, 7) is 8.12. The van der Waals surface area contributed by atoms with Gasteiger partial charge in [-0.3, -0.25) is 0 Å². The maximum atomic E-state index is 11.8. The van der Waals surface area contributed by atoms with Gasteiger partial charge in [0.2, 0.25) is 0 Å². The van der Waals surface area contributed by atoms with Gasteiger partial charge in [0.15, 0.2) is 0 Å². The molecule has 0 aliphatic rings. The highest BCUT2D eigenvalue weighted by Crippen LogP contribution is 2.08. The third-order valence-electron chi connectivity index (χ3n) is 4.22. The molecule has 0 fully saturated rings. The molecule has 0 aromatic rings. The summed E-state index contributed by atoms with van der Waals surface area (Å²) in [6, 6.07) is 0. The zero-order chi connectivity index (χ0) is 21.1. The van der Waals surface area contributed by atoms with Crippen LogP contribution in [0.1, 0.15) is 58.3 Å². The summed E-state index contributed by atoms with van der Waals surface area (Å²) in [5.41, 5.74) is 0. The molecule has 0 rings (SSSR count). The van der Waals surface area contributed by atoms with Crippen molar-refractivity contribution in [1.82, 2.24) is 0 Å². The van der Waals surface area contributed by atoms with Crippen molar-refractivity contribution in [2.45, 2.75) is 58.3 Å². The van der Waals surface area contributed by atoms with Crippen LogP contribution in [0.3, 0.4) is 0 Å². The molecule has 176 valence electrons. The predicted octanol–water partition coefficient (Wildman–Crippen LogP) is 4.20. The van der Waals surface area contributed by atoms with Crippen molar-refractivity contribution in [3.8, 4) is 0 Å². The number of hydrogen-bond acceptors (Lipinski definition) is 6. The second kappa shape index (κ2) is 27.7. The molecule has 0 aliphatic heterocycles. The molecule has 0 aliphatic carbocycles. The van der Waals surface area contributed by atoms with Gasteiger partial charge in [-0.2, -0.15) is 0 Å². The van der Waals surface area contributed by atoms with Crippen molar-refractivity contribution in [2.24, 2.45) is 0 Å². The molecule has 0 saturated carbocycles. The minimum atomic E-state index is -0.457. The standard InChI is InChI=1S/C22H45FO6/c1-2-3-4-5-6-7-8-9-11-24-13-15-26-17-19-28-21-22-29-20-18-27-16-14-25-12-10-23/h2-22H2,1H3. The second-order valence-corrected chi connectivity index (χ2v) is 6.84. The predicted molar refractivity (Wildman–Crippen MR) is 113 cm³/mol. The molecule has 0 aromatic heterocycles. The van der Waals surface area contributed by atoms with Crippen molar-refractivity contribution in [1.29, 1.82) is 0 Å².